The first kappa shape index (κ1) is 34.6. The van der Waals surface area contributed by atoms with Gasteiger partial charge in [-0.25, -0.2) is 0 Å². The summed E-state index contributed by atoms with van der Waals surface area (Å²) in [6.45, 7) is 4.89. The minimum absolute atomic E-state index is 0.227. The van der Waals surface area contributed by atoms with Gasteiger partial charge in [-0.1, -0.05) is 147 Å². The molecule has 0 saturated heterocycles. The molecule has 0 atom stereocenters. The van der Waals surface area contributed by atoms with Gasteiger partial charge in [-0.3, -0.25) is 0 Å². The Kier molecular flexibility index (Phi) is 7.29. The van der Waals surface area contributed by atoms with Crippen LogP contribution in [0.25, 0.3) is 117 Å². The van der Waals surface area contributed by atoms with Crippen molar-refractivity contribution in [2.75, 3.05) is 0 Å². The third-order valence-electron chi connectivity index (χ3n) is 13.3. The highest BCUT2D eigenvalue weighted by molar-refractivity contribution is 7.80. The lowest BCUT2D eigenvalue weighted by Crippen LogP contribution is -2.15. The minimum Gasteiger partial charge on any atom is -0.142 e. The highest BCUT2D eigenvalue weighted by Gasteiger charge is 2.36. The molecule has 0 saturated carbocycles. The van der Waals surface area contributed by atoms with Gasteiger partial charge in [-0.05, 0) is 130 Å². The number of benzene rings is 10. The van der Waals surface area contributed by atoms with E-state index in [1.807, 2.05) is 22.7 Å². The SMILES string of the molecule is CC1(C)c2cc(-c3cccc4c3sc3ccccc34)cc3c4ccc(-c5cccc(-c6ccccc6)c5S)cc4c4cc(-c5cccc6c5sc5ccccc56)cc1c4c23. The van der Waals surface area contributed by atoms with Crippen molar-refractivity contribution in [1.82, 2.24) is 0 Å². The molecule has 1 aliphatic carbocycles. The molecule has 0 bridgehead atoms. The van der Waals surface area contributed by atoms with E-state index in [9.17, 15) is 0 Å². The summed E-state index contributed by atoms with van der Waals surface area (Å²) >= 11 is 9.05. The van der Waals surface area contributed by atoms with Crippen molar-refractivity contribution in [2.45, 2.75) is 24.2 Å². The highest BCUT2D eigenvalue weighted by Crippen LogP contribution is 2.55. The predicted molar refractivity (Wildman–Crippen MR) is 266 cm³/mol. The van der Waals surface area contributed by atoms with E-state index < -0.39 is 0 Å². The molecule has 2 aromatic heterocycles. The van der Waals surface area contributed by atoms with E-state index in [4.69, 9.17) is 12.6 Å². The smallest absolute Gasteiger partial charge is 0.0433 e. The van der Waals surface area contributed by atoms with Gasteiger partial charge in [0, 0.05) is 50.7 Å². The molecule has 0 radical (unpaired) electrons. The average molecular weight is 817 g/mol. The quantitative estimate of drug-likeness (QED) is 0.133. The number of rotatable bonds is 4. The Hall–Kier alpha value is -6.23. The van der Waals surface area contributed by atoms with Gasteiger partial charge in [-0.15, -0.1) is 35.3 Å². The van der Waals surface area contributed by atoms with Crippen LogP contribution in [0.2, 0.25) is 0 Å². The molecule has 0 unspecified atom stereocenters. The fourth-order valence-electron chi connectivity index (χ4n) is 10.4. The third-order valence-corrected chi connectivity index (χ3v) is 16.3. The lowest BCUT2D eigenvalue weighted by Gasteiger charge is -2.23. The number of hydrogen-bond acceptors (Lipinski definition) is 3. The molecule has 60 heavy (non-hydrogen) atoms. The molecular formula is C57H36S3. The Morgan fingerprint density at radius 2 is 0.817 bits per heavy atom. The zero-order valence-corrected chi connectivity index (χ0v) is 35.5. The molecular weight excluding hydrogens is 781 g/mol. The van der Waals surface area contributed by atoms with E-state index in [0.29, 0.717) is 0 Å². The van der Waals surface area contributed by atoms with Crippen molar-refractivity contribution in [2.24, 2.45) is 0 Å². The van der Waals surface area contributed by atoms with Crippen LogP contribution < -0.4 is 0 Å². The van der Waals surface area contributed by atoms with Crippen molar-refractivity contribution in [3.63, 3.8) is 0 Å². The summed E-state index contributed by atoms with van der Waals surface area (Å²) < 4.78 is 5.36. The lowest BCUT2D eigenvalue weighted by molar-refractivity contribution is 0.663. The van der Waals surface area contributed by atoms with Crippen molar-refractivity contribution in [3.05, 3.63) is 187 Å². The second-order valence-corrected chi connectivity index (χ2v) is 19.5. The molecule has 0 spiro atoms. The summed E-state index contributed by atoms with van der Waals surface area (Å²) in [5, 5.41) is 13.3. The van der Waals surface area contributed by atoms with Gasteiger partial charge in [0.05, 0.1) is 0 Å². The maximum Gasteiger partial charge on any atom is 0.0433 e. The van der Waals surface area contributed by atoms with Crippen molar-refractivity contribution < 1.29 is 0 Å². The minimum atomic E-state index is -0.227. The molecule has 282 valence electrons. The van der Waals surface area contributed by atoms with Crippen LogP contribution in [0.1, 0.15) is 25.0 Å². The van der Waals surface area contributed by atoms with Crippen LogP contribution in [-0.2, 0) is 5.41 Å². The van der Waals surface area contributed by atoms with Gasteiger partial charge in [0.2, 0.25) is 0 Å². The van der Waals surface area contributed by atoms with Crippen molar-refractivity contribution >= 4 is 108 Å². The first-order chi connectivity index (χ1) is 29.4. The summed E-state index contributed by atoms with van der Waals surface area (Å²) in [6.07, 6.45) is 0. The second-order valence-electron chi connectivity index (χ2n) is 16.9. The van der Waals surface area contributed by atoms with Crippen LogP contribution in [0.5, 0.6) is 0 Å². The predicted octanol–water partition coefficient (Wildman–Crippen LogP) is 17.5. The third kappa shape index (κ3) is 4.80. The van der Waals surface area contributed by atoms with Crippen LogP contribution >= 0.6 is 35.3 Å². The fourth-order valence-corrected chi connectivity index (χ4v) is 13.3. The van der Waals surface area contributed by atoms with Crippen LogP contribution in [0.15, 0.2) is 181 Å². The van der Waals surface area contributed by atoms with Gasteiger partial charge in [0.25, 0.3) is 0 Å². The van der Waals surface area contributed by atoms with E-state index in [0.717, 1.165) is 16.0 Å². The zero-order chi connectivity index (χ0) is 39.9. The Labute approximate surface area is 361 Å². The van der Waals surface area contributed by atoms with Crippen LogP contribution in [0.4, 0.5) is 0 Å². The molecule has 0 amide bonds. The Balaban J connectivity index is 1.13. The van der Waals surface area contributed by atoms with Crippen molar-refractivity contribution in [3.8, 4) is 44.5 Å². The first-order valence-electron chi connectivity index (χ1n) is 20.6. The maximum absolute atomic E-state index is 5.23. The topological polar surface area (TPSA) is 0 Å². The standard InChI is InChI=1S/C57H36S3/c1-57(2)48-30-34(38-19-11-21-43-41-15-6-8-23-50(41)59-55(38)43)28-46-40-26-25-33(37-18-10-17-36(54(37)58)32-13-4-3-5-14-32)27-45(40)47-29-35(31-49(57)53(47)52(46)48)39-20-12-22-44-42-16-7-9-24-51(42)60-56(39)44/h3-31,58H,1-2H3. The van der Waals surface area contributed by atoms with Crippen molar-refractivity contribution in [1.29, 1.82) is 0 Å². The monoisotopic (exact) mass is 816 g/mol. The number of fused-ring (bicyclic) bond motifs is 9. The van der Waals surface area contributed by atoms with E-state index in [1.54, 1.807) is 0 Å². The fraction of sp³-hybridized carbons (Fsp3) is 0.0526. The lowest BCUT2D eigenvalue weighted by atomic mass is 9.80. The summed E-state index contributed by atoms with van der Waals surface area (Å²) in [4.78, 5) is 0.998. The molecule has 10 aromatic carbocycles. The molecule has 0 nitrogen and oxygen atoms in total. The molecule has 3 heteroatoms. The van der Waals surface area contributed by atoms with E-state index in [-0.39, 0.29) is 5.41 Å². The highest BCUT2D eigenvalue weighted by atomic mass is 32.1. The maximum atomic E-state index is 5.23. The van der Waals surface area contributed by atoms with Gasteiger partial charge in [0.15, 0.2) is 0 Å². The molecule has 1 aliphatic rings. The van der Waals surface area contributed by atoms with E-state index >= 15 is 0 Å². The number of hydrogen-bond donors (Lipinski definition) is 1. The molecule has 12 aromatic rings. The van der Waals surface area contributed by atoms with Gasteiger partial charge in [0.1, 0.15) is 0 Å². The van der Waals surface area contributed by atoms with Gasteiger partial charge in [-0.2, -0.15) is 0 Å². The van der Waals surface area contributed by atoms with Crippen LogP contribution in [0.3, 0.4) is 0 Å². The Bertz CT molecular complexity index is 3810. The van der Waals surface area contributed by atoms with Crippen LogP contribution in [0, 0.1) is 0 Å². The summed E-state index contributed by atoms with van der Waals surface area (Å²) in [5.41, 5.74) is 12.4. The summed E-state index contributed by atoms with van der Waals surface area (Å²) in [5.74, 6) is 0. The molecule has 13 rings (SSSR count). The Morgan fingerprint density at radius 1 is 0.350 bits per heavy atom. The molecule has 2 heterocycles. The first-order valence-corrected chi connectivity index (χ1v) is 22.7. The number of thiol groups is 1. The van der Waals surface area contributed by atoms with Crippen LogP contribution in [-0.4, -0.2) is 0 Å². The average Bonchev–Trinajstić information content (AvgIpc) is 3.94. The molecule has 0 N–H and O–H groups in total. The second kappa shape index (κ2) is 12.6. The Morgan fingerprint density at radius 3 is 1.42 bits per heavy atom. The zero-order valence-electron chi connectivity index (χ0n) is 33.0. The number of thiophene rings is 2. The summed E-state index contributed by atoms with van der Waals surface area (Å²) in [6, 6.07) is 65.8. The van der Waals surface area contributed by atoms with E-state index in [2.05, 4.69) is 190 Å². The molecule has 0 aliphatic heterocycles. The van der Waals surface area contributed by atoms with E-state index in [1.165, 1.54) is 117 Å². The normalized spacial score (nSPS) is 13.4. The van der Waals surface area contributed by atoms with Gasteiger partial charge >= 0.3 is 0 Å². The summed E-state index contributed by atoms with van der Waals surface area (Å²) in [7, 11) is 0. The molecule has 0 fully saturated rings. The van der Waals surface area contributed by atoms with Gasteiger partial charge < -0.3 is 0 Å². The largest absolute Gasteiger partial charge is 0.142 e.